The summed E-state index contributed by atoms with van der Waals surface area (Å²) in [7, 11) is 1.63. The van der Waals surface area contributed by atoms with Crippen LogP contribution >= 0.6 is 0 Å². The second kappa shape index (κ2) is 5.82. The normalized spacial score (nSPS) is 16.0. The highest BCUT2D eigenvalue weighted by Gasteiger charge is 2.35. The standard InChI is InChI=1S/C18H17F4N3/c1-9-7-10(8-23-14(9)17(21)22)15-11-5-6-12(19)13(20)16(11)25(4)18(2,3)24-15/h5-8,17H,1-4H3. The maximum atomic E-state index is 14.4. The molecule has 0 spiro atoms. The molecule has 2 aromatic rings. The average Bonchev–Trinajstić information content (AvgIpc) is 2.53. The van der Waals surface area contributed by atoms with Crippen LogP contribution in [0.25, 0.3) is 0 Å². The number of pyridine rings is 1. The van der Waals surface area contributed by atoms with Crippen molar-refractivity contribution < 1.29 is 17.6 Å². The number of alkyl halides is 2. The van der Waals surface area contributed by atoms with E-state index in [4.69, 9.17) is 0 Å². The van der Waals surface area contributed by atoms with Gasteiger partial charge >= 0.3 is 0 Å². The third-order valence-electron chi connectivity index (χ3n) is 4.46. The minimum absolute atomic E-state index is 0.0885. The number of aryl methyl sites for hydroxylation is 1. The van der Waals surface area contributed by atoms with Crippen LogP contribution < -0.4 is 4.90 Å². The first-order valence-corrected chi connectivity index (χ1v) is 7.70. The molecule has 1 aromatic carbocycles. The Morgan fingerprint density at radius 2 is 1.84 bits per heavy atom. The number of nitrogens with zero attached hydrogens (tertiary/aromatic N) is 3. The monoisotopic (exact) mass is 351 g/mol. The Hall–Kier alpha value is -2.44. The molecule has 0 N–H and O–H groups in total. The Kier molecular flexibility index (Phi) is 4.05. The SMILES string of the molecule is Cc1cc(C2=NC(C)(C)N(C)c3c2ccc(F)c3F)cnc1C(F)F. The van der Waals surface area contributed by atoms with Gasteiger partial charge in [0.15, 0.2) is 11.6 Å². The van der Waals surface area contributed by atoms with Gasteiger partial charge < -0.3 is 4.90 Å². The topological polar surface area (TPSA) is 28.5 Å². The van der Waals surface area contributed by atoms with Crippen molar-refractivity contribution in [3.63, 3.8) is 0 Å². The summed E-state index contributed by atoms with van der Waals surface area (Å²) in [5.41, 5.74) is 0.533. The van der Waals surface area contributed by atoms with Gasteiger partial charge in [0, 0.05) is 24.4 Å². The number of halogens is 4. The first kappa shape index (κ1) is 17.4. The van der Waals surface area contributed by atoms with Crippen LogP contribution in [0.5, 0.6) is 0 Å². The van der Waals surface area contributed by atoms with Gasteiger partial charge in [0.1, 0.15) is 11.4 Å². The van der Waals surface area contributed by atoms with Crippen molar-refractivity contribution in [3.8, 4) is 0 Å². The number of aliphatic imine (C=N–C) groups is 1. The van der Waals surface area contributed by atoms with E-state index in [2.05, 4.69) is 9.98 Å². The van der Waals surface area contributed by atoms with E-state index in [0.717, 1.165) is 6.07 Å². The number of anilines is 1. The molecule has 1 aromatic heterocycles. The summed E-state index contributed by atoms with van der Waals surface area (Å²) < 4.78 is 54.0. The Labute approximate surface area is 143 Å². The zero-order chi connectivity index (χ0) is 18.5. The molecule has 0 saturated heterocycles. The van der Waals surface area contributed by atoms with Gasteiger partial charge in [0.2, 0.25) is 0 Å². The lowest BCUT2D eigenvalue weighted by molar-refractivity contribution is 0.145. The fourth-order valence-electron chi connectivity index (χ4n) is 2.90. The van der Waals surface area contributed by atoms with E-state index in [1.807, 2.05) is 0 Å². The highest BCUT2D eigenvalue weighted by atomic mass is 19.3. The number of hydrogen-bond donors (Lipinski definition) is 0. The van der Waals surface area contributed by atoms with Gasteiger partial charge in [-0.2, -0.15) is 0 Å². The molecule has 0 bridgehead atoms. The van der Waals surface area contributed by atoms with E-state index >= 15 is 0 Å². The molecule has 0 radical (unpaired) electrons. The Morgan fingerprint density at radius 1 is 1.16 bits per heavy atom. The third-order valence-corrected chi connectivity index (χ3v) is 4.46. The molecule has 1 aliphatic rings. The molecule has 3 rings (SSSR count). The van der Waals surface area contributed by atoms with Gasteiger partial charge in [0.05, 0.1) is 11.4 Å². The van der Waals surface area contributed by atoms with E-state index in [-0.39, 0.29) is 11.4 Å². The van der Waals surface area contributed by atoms with Crippen molar-refractivity contribution >= 4 is 11.4 Å². The molecule has 0 fully saturated rings. The maximum absolute atomic E-state index is 14.4. The van der Waals surface area contributed by atoms with Crippen LogP contribution in [-0.4, -0.2) is 23.4 Å². The minimum Gasteiger partial charge on any atom is -0.348 e. The summed E-state index contributed by atoms with van der Waals surface area (Å²) in [6, 6.07) is 4.01. The predicted octanol–water partition coefficient (Wildman–Crippen LogP) is 4.63. The third kappa shape index (κ3) is 2.77. The first-order valence-electron chi connectivity index (χ1n) is 7.70. The van der Waals surface area contributed by atoms with E-state index in [1.54, 1.807) is 31.9 Å². The minimum atomic E-state index is -2.68. The van der Waals surface area contributed by atoms with Crippen molar-refractivity contribution in [1.82, 2.24) is 4.98 Å². The summed E-state index contributed by atoms with van der Waals surface area (Å²) in [6.45, 7) is 5.05. The highest BCUT2D eigenvalue weighted by Crippen LogP contribution is 2.37. The van der Waals surface area contributed by atoms with Crippen LogP contribution in [0.3, 0.4) is 0 Å². The summed E-state index contributed by atoms with van der Waals surface area (Å²) >= 11 is 0. The van der Waals surface area contributed by atoms with Gasteiger partial charge in [-0.05, 0) is 44.5 Å². The fourth-order valence-corrected chi connectivity index (χ4v) is 2.90. The molecule has 0 unspecified atom stereocenters. The molecular weight excluding hydrogens is 334 g/mol. The Balaban J connectivity index is 2.23. The number of hydrogen-bond acceptors (Lipinski definition) is 3. The van der Waals surface area contributed by atoms with Crippen LogP contribution in [0.1, 0.15) is 42.7 Å². The lowest BCUT2D eigenvalue weighted by atomic mass is 9.95. The molecule has 2 heterocycles. The van der Waals surface area contributed by atoms with E-state index in [1.165, 1.54) is 19.2 Å². The van der Waals surface area contributed by atoms with E-state index < -0.39 is 23.7 Å². The van der Waals surface area contributed by atoms with Gasteiger partial charge in [0.25, 0.3) is 6.43 Å². The largest absolute Gasteiger partial charge is 0.348 e. The highest BCUT2D eigenvalue weighted by molar-refractivity contribution is 6.17. The molecule has 0 amide bonds. The lowest BCUT2D eigenvalue weighted by Gasteiger charge is -2.40. The number of benzene rings is 1. The van der Waals surface area contributed by atoms with Crippen molar-refractivity contribution in [2.45, 2.75) is 32.9 Å². The molecule has 0 aliphatic carbocycles. The fraction of sp³-hybridized carbons (Fsp3) is 0.333. The van der Waals surface area contributed by atoms with Crippen LogP contribution in [0.15, 0.2) is 29.4 Å². The van der Waals surface area contributed by atoms with Crippen LogP contribution in [0.2, 0.25) is 0 Å². The number of rotatable bonds is 2. The molecule has 132 valence electrons. The quantitative estimate of drug-likeness (QED) is 0.738. The van der Waals surface area contributed by atoms with Gasteiger partial charge in [-0.25, -0.2) is 17.6 Å². The first-order chi connectivity index (χ1) is 11.6. The second-order valence-electron chi connectivity index (χ2n) is 6.50. The molecule has 7 heteroatoms. The van der Waals surface area contributed by atoms with Gasteiger partial charge in [-0.15, -0.1) is 0 Å². The zero-order valence-electron chi connectivity index (χ0n) is 14.2. The average molecular weight is 351 g/mol. The second-order valence-corrected chi connectivity index (χ2v) is 6.50. The Bertz CT molecular complexity index is 875. The number of fused-ring (bicyclic) bond motifs is 1. The van der Waals surface area contributed by atoms with Crippen molar-refractivity contribution in [2.75, 3.05) is 11.9 Å². The van der Waals surface area contributed by atoms with E-state index in [9.17, 15) is 17.6 Å². The molecule has 0 saturated carbocycles. The Morgan fingerprint density at radius 3 is 2.44 bits per heavy atom. The van der Waals surface area contributed by atoms with Crippen LogP contribution in [0, 0.1) is 18.6 Å². The van der Waals surface area contributed by atoms with E-state index in [0.29, 0.717) is 22.4 Å². The molecule has 0 atom stereocenters. The summed E-state index contributed by atoms with van der Waals surface area (Å²) in [5.74, 6) is -1.92. The van der Waals surface area contributed by atoms with Gasteiger partial charge in [-0.3, -0.25) is 9.98 Å². The molecule has 3 nitrogen and oxygen atoms in total. The summed E-state index contributed by atoms with van der Waals surface area (Å²) in [4.78, 5) is 9.99. The molecule has 25 heavy (non-hydrogen) atoms. The predicted molar refractivity (Wildman–Crippen MR) is 88.4 cm³/mol. The van der Waals surface area contributed by atoms with Crippen molar-refractivity contribution in [2.24, 2.45) is 4.99 Å². The maximum Gasteiger partial charge on any atom is 0.280 e. The van der Waals surface area contributed by atoms with Crippen molar-refractivity contribution in [1.29, 1.82) is 0 Å². The molecular formula is C18H17F4N3. The number of aromatic nitrogens is 1. The molecule has 1 aliphatic heterocycles. The lowest BCUT2D eigenvalue weighted by Crippen LogP contribution is -2.45. The van der Waals surface area contributed by atoms with Crippen molar-refractivity contribution in [3.05, 3.63) is 58.4 Å². The summed E-state index contributed by atoms with van der Waals surface area (Å²) in [6.07, 6.45) is -1.39. The summed E-state index contributed by atoms with van der Waals surface area (Å²) in [5, 5.41) is 0. The van der Waals surface area contributed by atoms with Crippen LogP contribution in [-0.2, 0) is 0 Å². The van der Waals surface area contributed by atoms with Crippen LogP contribution in [0.4, 0.5) is 23.2 Å². The smallest absolute Gasteiger partial charge is 0.280 e. The van der Waals surface area contributed by atoms with Gasteiger partial charge in [-0.1, -0.05) is 0 Å². The zero-order valence-corrected chi connectivity index (χ0v) is 14.2.